The van der Waals surface area contributed by atoms with E-state index in [4.69, 9.17) is 5.73 Å². The molecule has 2 aromatic rings. The van der Waals surface area contributed by atoms with Gasteiger partial charge in [0.2, 0.25) is 0 Å². The fourth-order valence-electron chi connectivity index (χ4n) is 5.81. The second-order valence-corrected chi connectivity index (χ2v) is 14.3. The van der Waals surface area contributed by atoms with Crippen molar-refractivity contribution < 1.29 is 0 Å². The van der Waals surface area contributed by atoms with E-state index in [1.807, 2.05) is 0 Å². The van der Waals surface area contributed by atoms with Crippen molar-refractivity contribution in [3.63, 3.8) is 0 Å². The summed E-state index contributed by atoms with van der Waals surface area (Å²) in [5.74, 6) is 0. The van der Waals surface area contributed by atoms with Crippen LogP contribution in [0.5, 0.6) is 0 Å². The molecule has 0 aliphatic heterocycles. The molecule has 2 N–H and O–H groups in total. The van der Waals surface area contributed by atoms with Gasteiger partial charge < -0.3 is 9.97 Å². The number of fused-ring (bicyclic) bond motifs is 3. The zero-order valence-corrected chi connectivity index (χ0v) is 17.3. The third-order valence-electron chi connectivity index (χ3n) is 6.48. The SMILES string of the molecule is CC(C)[Si](C(C)C)(C(C)C)n1c2c(c3ccccc31)CCCC2N. The summed E-state index contributed by atoms with van der Waals surface area (Å²) < 4.78 is 2.82. The van der Waals surface area contributed by atoms with E-state index >= 15 is 0 Å². The lowest BCUT2D eigenvalue weighted by atomic mass is 9.92. The van der Waals surface area contributed by atoms with Crippen LogP contribution in [-0.4, -0.2) is 12.5 Å². The van der Waals surface area contributed by atoms with Gasteiger partial charge in [0.1, 0.15) is 0 Å². The summed E-state index contributed by atoms with van der Waals surface area (Å²) in [4.78, 5) is 0. The lowest BCUT2D eigenvalue weighted by Gasteiger charge is -2.46. The molecule has 1 unspecified atom stereocenters. The summed E-state index contributed by atoms with van der Waals surface area (Å²) in [6.07, 6.45) is 3.54. The van der Waals surface area contributed by atoms with E-state index < -0.39 is 8.24 Å². The first kappa shape index (κ1) is 17.8. The minimum atomic E-state index is -1.80. The van der Waals surface area contributed by atoms with E-state index in [0.29, 0.717) is 16.6 Å². The van der Waals surface area contributed by atoms with Gasteiger partial charge in [-0.2, -0.15) is 0 Å². The highest BCUT2D eigenvalue weighted by atomic mass is 28.3. The van der Waals surface area contributed by atoms with Crippen molar-refractivity contribution >= 4 is 19.1 Å². The van der Waals surface area contributed by atoms with Crippen molar-refractivity contribution in [3.05, 3.63) is 35.5 Å². The monoisotopic (exact) mass is 342 g/mol. The summed E-state index contributed by atoms with van der Waals surface area (Å²) in [6, 6.07) is 9.26. The molecule has 0 radical (unpaired) electrons. The number of aromatic nitrogens is 1. The molecule has 0 fully saturated rings. The average molecular weight is 343 g/mol. The highest BCUT2D eigenvalue weighted by Gasteiger charge is 2.48. The molecule has 2 nitrogen and oxygen atoms in total. The normalized spacial score (nSPS) is 18.8. The number of hydrogen-bond acceptors (Lipinski definition) is 1. The van der Waals surface area contributed by atoms with Crippen LogP contribution in [0.15, 0.2) is 24.3 Å². The maximum Gasteiger partial charge on any atom is 0.169 e. The van der Waals surface area contributed by atoms with Gasteiger partial charge in [0.25, 0.3) is 0 Å². The minimum absolute atomic E-state index is 0.198. The maximum absolute atomic E-state index is 6.71. The van der Waals surface area contributed by atoms with E-state index in [0.717, 1.165) is 6.42 Å². The third kappa shape index (κ3) is 2.32. The van der Waals surface area contributed by atoms with Crippen molar-refractivity contribution in [1.29, 1.82) is 0 Å². The Morgan fingerprint density at radius 2 is 1.58 bits per heavy atom. The second kappa shape index (κ2) is 6.34. The molecule has 1 aromatic heterocycles. The zero-order chi connectivity index (χ0) is 17.6. The summed E-state index contributed by atoms with van der Waals surface area (Å²) >= 11 is 0. The summed E-state index contributed by atoms with van der Waals surface area (Å²) in [7, 11) is -1.80. The van der Waals surface area contributed by atoms with Crippen molar-refractivity contribution in [1.82, 2.24) is 4.23 Å². The van der Waals surface area contributed by atoms with Gasteiger partial charge >= 0.3 is 0 Å². The molecule has 132 valence electrons. The Hall–Kier alpha value is -1.06. The molecule has 0 spiro atoms. The molecule has 24 heavy (non-hydrogen) atoms. The van der Waals surface area contributed by atoms with Crippen LogP contribution in [0.1, 0.15) is 71.7 Å². The number of rotatable bonds is 4. The lowest BCUT2D eigenvalue weighted by Crippen LogP contribution is -2.53. The standard InChI is InChI=1S/C21H34N2Si/c1-14(2)24(15(3)4,16(5)6)23-20-13-8-7-10-17(20)18-11-9-12-19(22)21(18)23/h7-8,10,13-16,19H,9,11-12,22H2,1-6H3. The van der Waals surface area contributed by atoms with Gasteiger partial charge in [-0.25, -0.2) is 0 Å². The first-order chi connectivity index (χ1) is 11.3. The second-order valence-electron chi connectivity index (χ2n) is 8.57. The fourth-order valence-corrected chi connectivity index (χ4v) is 12.7. The third-order valence-corrected chi connectivity index (χ3v) is 13.3. The number of benzene rings is 1. The average Bonchev–Trinajstić information content (AvgIpc) is 2.84. The number of aryl methyl sites for hydroxylation is 1. The Bertz CT molecular complexity index is 705. The van der Waals surface area contributed by atoms with Gasteiger partial charge in [-0.15, -0.1) is 0 Å². The molecule has 0 saturated carbocycles. The van der Waals surface area contributed by atoms with Gasteiger partial charge in [0.15, 0.2) is 8.24 Å². The molecule has 1 aliphatic carbocycles. The van der Waals surface area contributed by atoms with Crippen LogP contribution in [0, 0.1) is 0 Å². The molecule has 1 aliphatic rings. The van der Waals surface area contributed by atoms with Crippen LogP contribution in [0.25, 0.3) is 10.9 Å². The zero-order valence-electron chi connectivity index (χ0n) is 16.3. The van der Waals surface area contributed by atoms with E-state index in [9.17, 15) is 0 Å². The quantitative estimate of drug-likeness (QED) is 0.679. The first-order valence-corrected chi connectivity index (χ1v) is 11.9. The van der Waals surface area contributed by atoms with E-state index in [1.165, 1.54) is 29.4 Å². The van der Waals surface area contributed by atoms with Crippen LogP contribution < -0.4 is 5.73 Å². The maximum atomic E-state index is 6.71. The summed E-state index contributed by atoms with van der Waals surface area (Å²) in [6.45, 7) is 14.7. The van der Waals surface area contributed by atoms with Crippen molar-refractivity contribution in [3.8, 4) is 0 Å². The highest BCUT2D eigenvalue weighted by Crippen LogP contribution is 2.48. The molecule has 3 heteroatoms. The summed E-state index contributed by atoms with van der Waals surface area (Å²) in [5, 5.41) is 1.46. The predicted octanol–water partition coefficient (Wildman–Crippen LogP) is 6.00. The first-order valence-electron chi connectivity index (χ1n) is 9.71. The Morgan fingerprint density at radius 3 is 2.17 bits per heavy atom. The number of nitrogens with two attached hydrogens (primary N) is 1. The Balaban J connectivity index is 2.46. The van der Waals surface area contributed by atoms with Crippen LogP contribution in [-0.2, 0) is 6.42 Å². The molecule has 1 heterocycles. The molecule has 0 saturated heterocycles. The van der Waals surface area contributed by atoms with Crippen molar-refractivity contribution in [2.75, 3.05) is 0 Å². The molecule has 0 amide bonds. The van der Waals surface area contributed by atoms with Gasteiger partial charge in [0.05, 0.1) is 0 Å². The smallest absolute Gasteiger partial charge is 0.169 e. The van der Waals surface area contributed by atoms with Crippen LogP contribution in [0.2, 0.25) is 16.6 Å². The Morgan fingerprint density at radius 1 is 1.00 bits per heavy atom. The van der Waals surface area contributed by atoms with Crippen LogP contribution >= 0.6 is 0 Å². The molecular formula is C21H34N2Si. The van der Waals surface area contributed by atoms with Gasteiger partial charge in [-0.05, 0) is 47.5 Å². The van der Waals surface area contributed by atoms with Crippen molar-refractivity contribution in [2.24, 2.45) is 5.73 Å². The Kier molecular flexibility index (Phi) is 4.69. The molecule has 1 aromatic carbocycles. The van der Waals surface area contributed by atoms with Gasteiger partial charge in [-0.3, -0.25) is 0 Å². The largest absolute Gasteiger partial charge is 0.369 e. The fraction of sp³-hybridized carbons (Fsp3) is 0.619. The van der Waals surface area contributed by atoms with Crippen LogP contribution in [0.3, 0.4) is 0 Å². The number of hydrogen-bond donors (Lipinski definition) is 1. The molecular weight excluding hydrogens is 308 g/mol. The van der Waals surface area contributed by atoms with E-state index in [1.54, 1.807) is 5.56 Å². The van der Waals surface area contributed by atoms with Crippen molar-refractivity contribution in [2.45, 2.75) is 83.5 Å². The lowest BCUT2D eigenvalue weighted by molar-refractivity contribution is 0.550. The molecule has 0 bridgehead atoms. The topological polar surface area (TPSA) is 30.9 Å². The van der Waals surface area contributed by atoms with Crippen LogP contribution in [0.4, 0.5) is 0 Å². The van der Waals surface area contributed by atoms with Gasteiger partial charge in [-0.1, -0.05) is 59.7 Å². The molecule has 1 atom stereocenters. The summed E-state index contributed by atoms with van der Waals surface area (Å²) in [5.41, 5.74) is 13.2. The predicted molar refractivity (Wildman–Crippen MR) is 108 cm³/mol. The van der Waals surface area contributed by atoms with E-state index in [2.05, 4.69) is 70.0 Å². The number of nitrogens with zero attached hydrogens (tertiary/aromatic N) is 1. The minimum Gasteiger partial charge on any atom is -0.369 e. The Labute approximate surface area is 148 Å². The van der Waals surface area contributed by atoms with E-state index in [-0.39, 0.29) is 6.04 Å². The van der Waals surface area contributed by atoms with Gasteiger partial charge in [0, 0.05) is 22.6 Å². The highest BCUT2D eigenvalue weighted by molar-refractivity contribution is 6.82. The molecule has 3 rings (SSSR count). The number of para-hydroxylation sites is 1.